The van der Waals surface area contributed by atoms with E-state index >= 15 is 0 Å². The average Bonchev–Trinajstić information content (AvgIpc) is 3.07. The Kier molecular flexibility index (Phi) is 5.11. The Morgan fingerprint density at radius 3 is 2.46 bits per heavy atom. The lowest BCUT2D eigenvalue weighted by atomic mass is 10.2. The fraction of sp³-hybridized carbons (Fsp3) is 0.222. The Balaban J connectivity index is 1.56. The number of hydrogen-bond donors (Lipinski definition) is 1. The summed E-state index contributed by atoms with van der Waals surface area (Å²) in [6.07, 6.45) is 1.34. The average molecular weight is 364 g/mol. The Bertz CT molecular complexity index is 840. The predicted octanol–water partition coefficient (Wildman–Crippen LogP) is 3.25. The molecule has 0 aromatic heterocycles. The van der Waals surface area contributed by atoms with Crippen LogP contribution in [0.1, 0.15) is 12.8 Å². The molecular formula is C18H15F3N2O3. The van der Waals surface area contributed by atoms with Gasteiger partial charge in [0.15, 0.2) is 24.1 Å². The molecular weight excluding hydrogens is 349 g/mol. The molecule has 1 fully saturated rings. The maximum Gasteiger partial charge on any atom is 0.262 e. The smallest absolute Gasteiger partial charge is 0.262 e. The first-order chi connectivity index (χ1) is 12.5. The maximum atomic E-state index is 13.5. The molecule has 1 heterocycles. The second kappa shape index (κ2) is 7.47. The Morgan fingerprint density at radius 1 is 1.08 bits per heavy atom. The van der Waals surface area contributed by atoms with Gasteiger partial charge in [-0.25, -0.2) is 13.2 Å². The summed E-state index contributed by atoms with van der Waals surface area (Å²) in [6.45, 7) is 0.224. The predicted molar refractivity (Wildman–Crippen MR) is 88.5 cm³/mol. The first kappa shape index (κ1) is 17.8. The summed E-state index contributed by atoms with van der Waals surface area (Å²) in [6, 6.07) is 8.25. The van der Waals surface area contributed by atoms with Gasteiger partial charge in [0, 0.05) is 18.7 Å². The van der Waals surface area contributed by atoms with Gasteiger partial charge in [0.2, 0.25) is 5.91 Å². The van der Waals surface area contributed by atoms with Gasteiger partial charge >= 0.3 is 0 Å². The van der Waals surface area contributed by atoms with Crippen LogP contribution in [0.25, 0.3) is 0 Å². The minimum atomic E-state index is -1.66. The van der Waals surface area contributed by atoms with E-state index in [1.54, 1.807) is 29.2 Å². The highest BCUT2D eigenvalue weighted by atomic mass is 19.2. The molecule has 2 amide bonds. The van der Waals surface area contributed by atoms with Crippen molar-refractivity contribution in [1.29, 1.82) is 0 Å². The van der Waals surface area contributed by atoms with Gasteiger partial charge in [0.05, 0.1) is 5.69 Å². The lowest BCUT2D eigenvalue weighted by Crippen LogP contribution is -2.23. The molecule has 5 nitrogen and oxygen atoms in total. The molecule has 0 bridgehead atoms. The van der Waals surface area contributed by atoms with E-state index in [0.717, 1.165) is 18.2 Å². The van der Waals surface area contributed by atoms with Crippen LogP contribution < -0.4 is 15.0 Å². The van der Waals surface area contributed by atoms with E-state index in [-0.39, 0.29) is 5.91 Å². The van der Waals surface area contributed by atoms with Crippen molar-refractivity contribution in [3.63, 3.8) is 0 Å². The minimum Gasteiger partial charge on any atom is -0.484 e. The summed E-state index contributed by atoms with van der Waals surface area (Å²) in [5, 5.41) is 2.11. The third-order valence-corrected chi connectivity index (χ3v) is 3.90. The number of carbonyl (C=O) groups excluding carboxylic acids is 2. The molecule has 8 heteroatoms. The molecule has 0 spiro atoms. The molecule has 1 aliphatic heterocycles. The normalized spacial score (nSPS) is 13.8. The molecule has 0 atom stereocenters. The van der Waals surface area contributed by atoms with Crippen molar-refractivity contribution in [2.75, 3.05) is 23.4 Å². The van der Waals surface area contributed by atoms with Gasteiger partial charge in [-0.2, -0.15) is 0 Å². The van der Waals surface area contributed by atoms with E-state index < -0.39 is 35.7 Å². The molecule has 0 aliphatic carbocycles. The molecule has 1 aliphatic rings. The first-order valence-corrected chi connectivity index (χ1v) is 7.92. The summed E-state index contributed by atoms with van der Waals surface area (Å²) in [5.74, 6) is -4.76. The van der Waals surface area contributed by atoms with E-state index in [1.165, 1.54) is 0 Å². The number of nitrogens with zero attached hydrogens (tertiary/aromatic N) is 1. The quantitative estimate of drug-likeness (QED) is 0.829. The largest absolute Gasteiger partial charge is 0.484 e. The molecule has 0 radical (unpaired) electrons. The highest BCUT2D eigenvalue weighted by Gasteiger charge is 2.21. The van der Waals surface area contributed by atoms with Gasteiger partial charge in [-0.15, -0.1) is 0 Å². The number of amides is 2. The zero-order valence-electron chi connectivity index (χ0n) is 13.6. The zero-order valence-corrected chi connectivity index (χ0v) is 13.6. The topological polar surface area (TPSA) is 58.6 Å². The van der Waals surface area contributed by atoms with E-state index in [0.29, 0.717) is 24.8 Å². The van der Waals surface area contributed by atoms with Crippen LogP contribution in [0.5, 0.6) is 5.75 Å². The second-order valence-electron chi connectivity index (χ2n) is 5.70. The zero-order chi connectivity index (χ0) is 18.7. The lowest BCUT2D eigenvalue weighted by molar-refractivity contribution is -0.118. The molecule has 26 heavy (non-hydrogen) atoms. The molecule has 0 saturated carbocycles. The van der Waals surface area contributed by atoms with Crippen molar-refractivity contribution in [2.24, 2.45) is 0 Å². The fourth-order valence-corrected chi connectivity index (χ4v) is 2.60. The summed E-state index contributed by atoms with van der Waals surface area (Å²) >= 11 is 0. The third-order valence-electron chi connectivity index (χ3n) is 3.90. The van der Waals surface area contributed by atoms with Crippen molar-refractivity contribution in [1.82, 2.24) is 0 Å². The second-order valence-corrected chi connectivity index (χ2v) is 5.70. The number of carbonyl (C=O) groups is 2. The van der Waals surface area contributed by atoms with Crippen LogP contribution >= 0.6 is 0 Å². The van der Waals surface area contributed by atoms with E-state index in [2.05, 4.69) is 5.32 Å². The number of nitrogens with one attached hydrogen (secondary N) is 1. The number of rotatable bonds is 5. The van der Waals surface area contributed by atoms with E-state index in [9.17, 15) is 22.8 Å². The van der Waals surface area contributed by atoms with Gasteiger partial charge in [-0.1, -0.05) is 0 Å². The molecule has 1 saturated heterocycles. The maximum absolute atomic E-state index is 13.5. The van der Waals surface area contributed by atoms with Crippen LogP contribution in [0.4, 0.5) is 24.5 Å². The van der Waals surface area contributed by atoms with Crippen molar-refractivity contribution in [2.45, 2.75) is 12.8 Å². The molecule has 2 aromatic carbocycles. The van der Waals surface area contributed by atoms with Crippen molar-refractivity contribution in [3.05, 3.63) is 53.8 Å². The highest BCUT2D eigenvalue weighted by molar-refractivity contribution is 5.95. The minimum absolute atomic E-state index is 0.0617. The molecule has 1 N–H and O–H groups in total. The SMILES string of the molecule is O=C(COc1ccc(N2CCCC2=O)cc1)Nc1ccc(F)c(F)c1F. The van der Waals surface area contributed by atoms with Gasteiger partial charge in [0.25, 0.3) is 5.91 Å². The number of ether oxygens (including phenoxy) is 1. The standard InChI is InChI=1S/C18H15F3N2O3/c19-13-7-8-14(18(21)17(13)20)22-15(24)10-26-12-5-3-11(4-6-12)23-9-1-2-16(23)25/h3-8H,1-2,9-10H2,(H,22,24). The van der Waals surface area contributed by atoms with E-state index in [1.807, 2.05) is 0 Å². The Hall–Kier alpha value is -3.03. The van der Waals surface area contributed by atoms with Crippen molar-refractivity contribution < 1.29 is 27.5 Å². The van der Waals surface area contributed by atoms with Crippen LogP contribution in [0.3, 0.4) is 0 Å². The van der Waals surface area contributed by atoms with Crippen LogP contribution in [0.15, 0.2) is 36.4 Å². The third kappa shape index (κ3) is 3.79. The van der Waals surface area contributed by atoms with Crippen LogP contribution in [0, 0.1) is 17.5 Å². The summed E-state index contributed by atoms with van der Waals surface area (Å²) in [5.41, 5.74) is 0.272. The Labute approximate surface area is 147 Å². The van der Waals surface area contributed by atoms with Gasteiger partial charge in [-0.05, 0) is 42.8 Å². The number of benzene rings is 2. The Morgan fingerprint density at radius 2 is 1.81 bits per heavy atom. The molecule has 0 unspecified atom stereocenters. The monoisotopic (exact) mass is 364 g/mol. The highest BCUT2D eigenvalue weighted by Crippen LogP contribution is 2.24. The van der Waals surface area contributed by atoms with Crippen molar-refractivity contribution >= 4 is 23.2 Å². The van der Waals surface area contributed by atoms with E-state index in [4.69, 9.17) is 4.74 Å². The molecule has 2 aromatic rings. The van der Waals surface area contributed by atoms with Crippen molar-refractivity contribution in [3.8, 4) is 5.75 Å². The summed E-state index contributed by atoms with van der Waals surface area (Å²) < 4.78 is 44.8. The van der Waals surface area contributed by atoms with Gasteiger partial charge in [-0.3, -0.25) is 9.59 Å². The van der Waals surface area contributed by atoms with Crippen LogP contribution in [0.2, 0.25) is 0 Å². The van der Waals surface area contributed by atoms with Gasteiger partial charge in [0.1, 0.15) is 5.75 Å². The number of hydrogen-bond acceptors (Lipinski definition) is 3. The first-order valence-electron chi connectivity index (χ1n) is 7.92. The fourth-order valence-electron chi connectivity index (χ4n) is 2.60. The van der Waals surface area contributed by atoms with Crippen LogP contribution in [-0.4, -0.2) is 25.0 Å². The number of anilines is 2. The summed E-state index contributed by atoms with van der Waals surface area (Å²) in [7, 11) is 0. The van der Waals surface area contributed by atoms with Crippen LogP contribution in [-0.2, 0) is 9.59 Å². The lowest BCUT2D eigenvalue weighted by Gasteiger charge is -2.16. The summed E-state index contributed by atoms with van der Waals surface area (Å²) in [4.78, 5) is 25.1. The molecule has 136 valence electrons. The van der Waals surface area contributed by atoms with Gasteiger partial charge < -0.3 is 15.0 Å². The molecule has 3 rings (SSSR count). The number of halogens is 3.